The Morgan fingerprint density at radius 2 is 1.95 bits per heavy atom. The van der Waals surface area contributed by atoms with Crippen LogP contribution in [0.2, 0.25) is 0 Å². The number of ether oxygens (including phenoxy) is 2. The summed E-state index contributed by atoms with van der Waals surface area (Å²) >= 11 is 1.56. The van der Waals surface area contributed by atoms with E-state index in [0.29, 0.717) is 13.2 Å². The first-order valence-electron chi connectivity index (χ1n) is 6.25. The molecule has 0 spiro atoms. The summed E-state index contributed by atoms with van der Waals surface area (Å²) in [6.45, 7) is 4.92. The number of rotatable bonds is 6. The molecule has 0 aliphatic heterocycles. The summed E-state index contributed by atoms with van der Waals surface area (Å²) in [5.41, 5.74) is 6.69. The third-order valence-corrected chi connectivity index (χ3v) is 3.38. The molecule has 1 aromatic carbocycles. The lowest BCUT2D eigenvalue weighted by Crippen LogP contribution is -2.05. The third-order valence-electron chi connectivity index (χ3n) is 2.54. The first kappa shape index (κ1) is 13.8. The zero-order valence-electron chi connectivity index (χ0n) is 11.1. The van der Waals surface area contributed by atoms with Gasteiger partial charge in [-0.05, 0) is 26.0 Å². The molecule has 2 N–H and O–H groups in total. The highest BCUT2D eigenvalue weighted by molar-refractivity contribution is 7.09. The first-order chi connectivity index (χ1) is 9.20. The van der Waals surface area contributed by atoms with Crippen LogP contribution in [0, 0.1) is 0 Å². The molecule has 102 valence electrons. The number of thiazole rings is 1. The van der Waals surface area contributed by atoms with Gasteiger partial charge in [-0.2, -0.15) is 0 Å². The fraction of sp³-hybridized carbons (Fsp3) is 0.357. The van der Waals surface area contributed by atoms with E-state index >= 15 is 0 Å². The van der Waals surface area contributed by atoms with Crippen LogP contribution in [0.15, 0.2) is 29.6 Å². The van der Waals surface area contributed by atoms with Gasteiger partial charge in [0.2, 0.25) is 0 Å². The van der Waals surface area contributed by atoms with Crippen molar-refractivity contribution in [3.8, 4) is 11.5 Å². The molecule has 2 aromatic rings. The Bertz CT molecular complexity index is 526. The predicted octanol–water partition coefficient (Wildman–Crippen LogP) is 3.14. The number of hydrogen-bond acceptors (Lipinski definition) is 5. The van der Waals surface area contributed by atoms with Crippen LogP contribution < -0.4 is 15.2 Å². The maximum absolute atomic E-state index is 5.78. The van der Waals surface area contributed by atoms with Crippen molar-refractivity contribution in [3.63, 3.8) is 0 Å². The SMILES string of the molecule is CCOc1ccccc1OCc1nc(C(C)N)cs1. The van der Waals surface area contributed by atoms with Crippen LogP contribution in [0.4, 0.5) is 0 Å². The van der Waals surface area contributed by atoms with Crippen LogP contribution in [0.3, 0.4) is 0 Å². The molecule has 0 radical (unpaired) electrons. The summed E-state index contributed by atoms with van der Waals surface area (Å²) in [5, 5.41) is 2.89. The second-order valence-corrected chi connectivity index (χ2v) is 5.07. The van der Waals surface area contributed by atoms with Gasteiger partial charge in [0.05, 0.1) is 12.3 Å². The largest absolute Gasteiger partial charge is 0.490 e. The quantitative estimate of drug-likeness (QED) is 0.882. The second-order valence-electron chi connectivity index (χ2n) is 4.12. The maximum Gasteiger partial charge on any atom is 0.161 e. The molecule has 19 heavy (non-hydrogen) atoms. The molecule has 1 aromatic heterocycles. The highest BCUT2D eigenvalue weighted by atomic mass is 32.1. The van der Waals surface area contributed by atoms with E-state index in [-0.39, 0.29) is 6.04 Å². The number of nitrogens with two attached hydrogens (primary N) is 1. The molecule has 1 heterocycles. The molecule has 0 aliphatic rings. The molecule has 1 atom stereocenters. The zero-order valence-corrected chi connectivity index (χ0v) is 11.9. The Labute approximate surface area is 117 Å². The van der Waals surface area contributed by atoms with Gasteiger partial charge in [0, 0.05) is 11.4 Å². The van der Waals surface area contributed by atoms with E-state index in [1.54, 1.807) is 11.3 Å². The Kier molecular flexibility index (Phi) is 4.76. The summed E-state index contributed by atoms with van der Waals surface area (Å²) in [4.78, 5) is 4.43. The van der Waals surface area contributed by atoms with Crippen molar-refractivity contribution >= 4 is 11.3 Å². The fourth-order valence-electron chi connectivity index (χ4n) is 1.58. The van der Waals surface area contributed by atoms with E-state index in [2.05, 4.69) is 4.98 Å². The maximum atomic E-state index is 5.78. The molecule has 0 fully saturated rings. The van der Waals surface area contributed by atoms with Crippen LogP contribution in [0.5, 0.6) is 11.5 Å². The van der Waals surface area contributed by atoms with Crippen molar-refractivity contribution in [2.45, 2.75) is 26.5 Å². The number of aromatic nitrogens is 1. The zero-order chi connectivity index (χ0) is 13.7. The summed E-state index contributed by atoms with van der Waals surface area (Å²) in [7, 11) is 0. The van der Waals surface area contributed by atoms with Gasteiger partial charge in [0.1, 0.15) is 11.6 Å². The van der Waals surface area contributed by atoms with Gasteiger partial charge in [-0.1, -0.05) is 12.1 Å². The van der Waals surface area contributed by atoms with E-state index in [4.69, 9.17) is 15.2 Å². The lowest BCUT2D eigenvalue weighted by Gasteiger charge is -2.10. The van der Waals surface area contributed by atoms with Gasteiger partial charge in [-0.15, -0.1) is 11.3 Å². The number of benzene rings is 1. The molecular weight excluding hydrogens is 260 g/mol. The first-order valence-corrected chi connectivity index (χ1v) is 7.13. The monoisotopic (exact) mass is 278 g/mol. The van der Waals surface area contributed by atoms with E-state index in [9.17, 15) is 0 Å². The molecule has 0 bridgehead atoms. The highest BCUT2D eigenvalue weighted by Gasteiger charge is 2.08. The third kappa shape index (κ3) is 3.68. The van der Waals surface area contributed by atoms with Crippen LogP contribution in [0.1, 0.15) is 30.6 Å². The summed E-state index contributed by atoms with van der Waals surface area (Å²) in [5.74, 6) is 1.50. The standard InChI is InChI=1S/C14H18N2O2S/c1-3-17-12-6-4-5-7-13(12)18-8-14-16-11(9-19-14)10(2)15/h4-7,9-10H,3,8,15H2,1-2H3. The number of nitrogens with zero attached hydrogens (tertiary/aromatic N) is 1. The van der Waals surface area contributed by atoms with Gasteiger partial charge >= 0.3 is 0 Å². The normalized spacial score (nSPS) is 12.2. The molecule has 0 saturated carbocycles. The van der Waals surface area contributed by atoms with Crippen LogP contribution in [-0.2, 0) is 6.61 Å². The van der Waals surface area contributed by atoms with Crippen molar-refractivity contribution in [1.82, 2.24) is 4.98 Å². The minimum atomic E-state index is -0.0410. The minimum absolute atomic E-state index is 0.0410. The summed E-state index contributed by atoms with van der Waals surface area (Å²) < 4.78 is 11.3. The second kappa shape index (κ2) is 6.54. The molecule has 4 nitrogen and oxygen atoms in total. The van der Waals surface area contributed by atoms with E-state index in [0.717, 1.165) is 22.2 Å². The van der Waals surface area contributed by atoms with Gasteiger partial charge < -0.3 is 15.2 Å². The van der Waals surface area contributed by atoms with Crippen molar-refractivity contribution in [1.29, 1.82) is 0 Å². The van der Waals surface area contributed by atoms with Gasteiger partial charge in [0.15, 0.2) is 11.5 Å². The molecule has 0 amide bonds. The van der Waals surface area contributed by atoms with E-state index < -0.39 is 0 Å². The van der Waals surface area contributed by atoms with Gasteiger partial charge in [-0.3, -0.25) is 0 Å². The Balaban J connectivity index is 2.01. The molecule has 5 heteroatoms. The average Bonchev–Trinajstić information content (AvgIpc) is 2.87. The van der Waals surface area contributed by atoms with E-state index in [1.165, 1.54) is 0 Å². The minimum Gasteiger partial charge on any atom is -0.490 e. The highest BCUT2D eigenvalue weighted by Crippen LogP contribution is 2.27. The lowest BCUT2D eigenvalue weighted by atomic mass is 10.3. The van der Waals surface area contributed by atoms with Crippen LogP contribution in [-0.4, -0.2) is 11.6 Å². The van der Waals surface area contributed by atoms with Crippen molar-refractivity contribution in [2.75, 3.05) is 6.61 Å². The van der Waals surface area contributed by atoms with Crippen molar-refractivity contribution in [2.24, 2.45) is 5.73 Å². The Morgan fingerprint density at radius 3 is 2.53 bits per heavy atom. The number of hydrogen-bond donors (Lipinski definition) is 1. The topological polar surface area (TPSA) is 57.4 Å². The van der Waals surface area contributed by atoms with E-state index in [1.807, 2.05) is 43.5 Å². The number of para-hydroxylation sites is 2. The summed E-state index contributed by atoms with van der Waals surface area (Å²) in [6, 6.07) is 7.60. The van der Waals surface area contributed by atoms with Crippen molar-refractivity contribution < 1.29 is 9.47 Å². The Hall–Kier alpha value is -1.59. The fourth-order valence-corrected chi connectivity index (χ4v) is 2.39. The average molecular weight is 278 g/mol. The summed E-state index contributed by atoms with van der Waals surface area (Å²) in [6.07, 6.45) is 0. The van der Waals surface area contributed by atoms with Crippen molar-refractivity contribution in [3.05, 3.63) is 40.3 Å². The molecular formula is C14H18N2O2S. The molecule has 1 unspecified atom stereocenters. The lowest BCUT2D eigenvalue weighted by molar-refractivity contribution is 0.269. The Morgan fingerprint density at radius 1 is 1.26 bits per heavy atom. The van der Waals surface area contributed by atoms with Crippen LogP contribution in [0.25, 0.3) is 0 Å². The van der Waals surface area contributed by atoms with Crippen LogP contribution >= 0.6 is 11.3 Å². The van der Waals surface area contributed by atoms with Gasteiger partial charge in [-0.25, -0.2) is 4.98 Å². The predicted molar refractivity (Wildman–Crippen MR) is 76.7 cm³/mol. The van der Waals surface area contributed by atoms with Gasteiger partial charge in [0.25, 0.3) is 0 Å². The molecule has 2 rings (SSSR count). The molecule has 0 aliphatic carbocycles. The smallest absolute Gasteiger partial charge is 0.161 e. The molecule has 0 saturated heterocycles.